The minimum absolute atomic E-state index is 0.0602. The Morgan fingerprint density at radius 3 is 2.60 bits per heavy atom. The highest BCUT2D eigenvalue weighted by Crippen LogP contribution is 2.07. The number of nitrogens with zero attached hydrogens (tertiary/aromatic N) is 2. The molecule has 1 aliphatic rings. The maximum Gasteiger partial charge on any atom is 0.338 e. The van der Waals surface area contributed by atoms with Crippen LogP contribution in [-0.2, 0) is 20.8 Å². The second kappa shape index (κ2) is 9.45. The Kier molecular flexibility index (Phi) is 6.99. The SMILES string of the molecule is CCOC(=O)c1ccc(CN/C=C(/C#N)C(=O)N2CCOCC2)cc1. The van der Waals surface area contributed by atoms with Gasteiger partial charge in [-0.2, -0.15) is 5.26 Å². The van der Waals surface area contributed by atoms with Gasteiger partial charge < -0.3 is 19.7 Å². The van der Waals surface area contributed by atoms with Crippen LogP contribution in [0.1, 0.15) is 22.8 Å². The lowest BCUT2D eigenvalue weighted by Crippen LogP contribution is -2.41. The van der Waals surface area contributed by atoms with E-state index in [0.29, 0.717) is 45.0 Å². The Labute approximate surface area is 146 Å². The van der Waals surface area contributed by atoms with Crippen molar-refractivity contribution in [2.24, 2.45) is 0 Å². The number of nitrogens with one attached hydrogen (secondary N) is 1. The second-order valence-electron chi connectivity index (χ2n) is 5.37. The van der Waals surface area contributed by atoms with Crippen LogP contribution >= 0.6 is 0 Å². The first-order chi connectivity index (χ1) is 12.2. The van der Waals surface area contributed by atoms with Gasteiger partial charge in [-0.05, 0) is 24.6 Å². The Bertz CT molecular complexity index is 671. The van der Waals surface area contributed by atoms with Crippen LogP contribution in [0.5, 0.6) is 0 Å². The lowest BCUT2D eigenvalue weighted by atomic mass is 10.1. The molecular weight excluding hydrogens is 322 g/mol. The third-order valence-electron chi connectivity index (χ3n) is 3.67. The fraction of sp³-hybridized carbons (Fsp3) is 0.389. The summed E-state index contributed by atoms with van der Waals surface area (Å²) in [7, 11) is 0. The Morgan fingerprint density at radius 2 is 2.00 bits per heavy atom. The standard InChI is InChI=1S/C18H21N3O4/c1-2-25-18(23)15-5-3-14(4-6-15)12-20-13-16(11-19)17(22)21-7-9-24-10-8-21/h3-6,13,20H,2,7-10,12H2,1H3/b16-13-. The van der Waals surface area contributed by atoms with Crippen molar-refractivity contribution < 1.29 is 19.1 Å². The average Bonchev–Trinajstić information content (AvgIpc) is 2.66. The van der Waals surface area contributed by atoms with Gasteiger partial charge in [-0.3, -0.25) is 4.79 Å². The summed E-state index contributed by atoms with van der Waals surface area (Å²) in [5.74, 6) is -0.652. The number of carbonyl (C=O) groups is 2. The summed E-state index contributed by atoms with van der Waals surface area (Å²) in [6.45, 7) is 4.50. The van der Waals surface area contributed by atoms with E-state index in [9.17, 15) is 14.9 Å². The minimum Gasteiger partial charge on any atom is -0.462 e. The molecule has 0 unspecified atom stereocenters. The van der Waals surface area contributed by atoms with Crippen molar-refractivity contribution in [3.05, 3.63) is 47.2 Å². The van der Waals surface area contributed by atoms with Gasteiger partial charge in [0.2, 0.25) is 0 Å². The summed E-state index contributed by atoms with van der Waals surface area (Å²) in [5.41, 5.74) is 1.46. The van der Waals surface area contributed by atoms with Crippen LogP contribution < -0.4 is 5.32 Å². The van der Waals surface area contributed by atoms with Gasteiger partial charge in [0.15, 0.2) is 0 Å². The molecule has 0 aromatic heterocycles. The zero-order valence-electron chi connectivity index (χ0n) is 14.2. The Morgan fingerprint density at radius 1 is 1.32 bits per heavy atom. The fourth-order valence-electron chi connectivity index (χ4n) is 2.32. The van der Waals surface area contributed by atoms with Crippen molar-refractivity contribution in [2.45, 2.75) is 13.5 Å². The fourth-order valence-corrected chi connectivity index (χ4v) is 2.32. The van der Waals surface area contributed by atoms with Crippen LogP contribution in [0.15, 0.2) is 36.0 Å². The van der Waals surface area contributed by atoms with Crippen LogP contribution in [0, 0.1) is 11.3 Å². The lowest BCUT2D eigenvalue weighted by Gasteiger charge is -2.26. The molecule has 1 fully saturated rings. The minimum atomic E-state index is -0.357. The number of hydrogen-bond donors (Lipinski definition) is 1. The third-order valence-corrected chi connectivity index (χ3v) is 3.67. The van der Waals surface area contributed by atoms with Crippen LogP contribution in [0.2, 0.25) is 0 Å². The van der Waals surface area contributed by atoms with Gasteiger partial charge in [-0.15, -0.1) is 0 Å². The van der Waals surface area contributed by atoms with Crippen LogP contribution in [0.25, 0.3) is 0 Å². The molecule has 1 aromatic rings. The molecule has 0 radical (unpaired) electrons. The van der Waals surface area contributed by atoms with E-state index in [0.717, 1.165) is 5.56 Å². The monoisotopic (exact) mass is 343 g/mol. The third kappa shape index (κ3) is 5.33. The van der Waals surface area contributed by atoms with E-state index in [1.54, 1.807) is 36.1 Å². The number of rotatable bonds is 6. The highest BCUT2D eigenvalue weighted by Gasteiger charge is 2.20. The number of benzene rings is 1. The first kappa shape index (κ1) is 18.5. The van der Waals surface area contributed by atoms with Crippen molar-refractivity contribution in [1.29, 1.82) is 5.26 Å². The number of esters is 1. The van der Waals surface area contributed by atoms with Crippen LogP contribution in [-0.4, -0.2) is 49.7 Å². The van der Waals surface area contributed by atoms with Crippen molar-refractivity contribution in [3.8, 4) is 6.07 Å². The van der Waals surface area contributed by atoms with Gasteiger partial charge in [0.25, 0.3) is 5.91 Å². The molecule has 1 aliphatic heterocycles. The zero-order valence-corrected chi connectivity index (χ0v) is 14.2. The summed E-state index contributed by atoms with van der Waals surface area (Å²) in [6.07, 6.45) is 1.43. The highest BCUT2D eigenvalue weighted by molar-refractivity contribution is 5.97. The molecule has 1 aromatic carbocycles. The van der Waals surface area contributed by atoms with Gasteiger partial charge in [0, 0.05) is 25.8 Å². The van der Waals surface area contributed by atoms with Gasteiger partial charge in [-0.1, -0.05) is 12.1 Å². The maximum absolute atomic E-state index is 12.2. The second-order valence-corrected chi connectivity index (χ2v) is 5.37. The number of morpholine rings is 1. The summed E-state index contributed by atoms with van der Waals surface area (Å²) < 4.78 is 10.1. The molecule has 2 rings (SSSR count). The zero-order chi connectivity index (χ0) is 18.1. The number of ether oxygens (including phenoxy) is 2. The van der Waals surface area contributed by atoms with E-state index >= 15 is 0 Å². The lowest BCUT2D eigenvalue weighted by molar-refractivity contribution is -0.130. The summed E-state index contributed by atoms with van der Waals surface area (Å²) in [4.78, 5) is 25.4. The number of carbonyl (C=O) groups excluding carboxylic acids is 2. The highest BCUT2D eigenvalue weighted by atomic mass is 16.5. The van der Waals surface area contributed by atoms with Gasteiger partial charge in [0.05, 0.1) is 25.4 Å². The molecule has 1 amide bonds. The van der Waals surface area contributed by atoms with Gasteiger partial charge >= 0.3 is 5.97 Å². The number of nitriles is 1. The molecule has 132 valence electrons. The molecular formula is C18H21N3O4. The number of hydrogen-bond acceptors (Lipinski definition) is 6. The van der Waals surface area contributed by atoms with E-state index in [1.807, 2.05) is 6.07 Å². The number of amides is 1. The first-order valence-electron chi connectivity index (χ1n) is 8.12. The van der Waals surface area contributed by atoms with E-state index in [4.69, 9.17) is 9.47 Å². The molecule has 7 heteroatoms. The molecule has 1 heterocycles. The van der Waals surface area contributed by atoms with Gasteiger partial charge in [-0.25, -0.2) is 4.79 Å². The summed E-state index contributed by atoms with van der Waals surface area (Å²) in [5, 5.41) is 12.2. The van der Waals surface area contributed by atoms with E-state index in [1.165, 1.54) is 6.20 Å². The summed E-state index contributed by atoms with van der Waals surface area (Å²) in [6, 6.07) is 8.88. The van der Waals surface area contributed by atoms with Gasteiger partial charge in [0.1, 0.15) is 11.6 Å². The molecule has 0 aliphatic carbocycles. The van der Waals surface area contributed by atoms with Crippen molar-refractivity contribution >= 4 is 11.9 Å². The molecule has 0 bridgehead atoms. The molecule has 25 heavy (non-hydrogen) atoms. The predicted octanol–water partition coefficient (Wildman–Crippen LogP) is 1.22. The van der Waals surface area contributed by atoms with Crippen molar-refractivity contribution in [2.75, 3.05) is 32.9 Å². The maximum atomic E-state index is 12.2. The molecule has 1 N–H and O–H groups in total. The molecule has 7 nitrogen and oxygen atoms in total. The average molecular weight is 343 g/mol. The van der Waals surface area contributed by atoms with Crippen molar-refractivity contribution in [1.82, 2.24) is 10.2 Å². The first-order valence-corrected chi connectivity index (χ1v) is 8.12. The largest absolute Gasteiger partial charge is 0.462 e. The van der Waals surface area contributed by atoms with E-state index < -0.39 is 0 Å². The Balaban J connectivity index is 1.90. The molecule has 0 saturated carbocycles. The smallest absolute Gasteiger partial charge is 0.338 e. The van der Waals surface area contributed by atoms with Crippen LogP contribution in [0.4, 0.5) is 0 Å². The quantitative estimate of drug-likeness (QED) is 0.474. The van der Waals surface area contributed by atoms with E-state index in [-0.39, 0.29) is 17.4 Å². The summed E-state index contributed by atoms with van der Waals surface area (Å²) >= 11 is 0. The molecule has 1 saturated heterocycles. The Hall–Kier alpha value is -2.85. The molecule has 0 spiro atoms. The molecule has 0 atom stereocenters. The topological polar surface area (TPSA) is 91.7 Å². The predicted molar refractivity (Wildman–Crippen MR) is 90.3 cm³/mol. The van der Waals surface area contributed by atoms with Crippen molar-refractivity contribution in [3.63, 3.8) is 0 Å². The van der Waals surface area contributed by atoms with E-state index in [2.05, 4.69) is 5.32 Å². The normalized spacial score (nSPS) is 14.6. The van der Waals surface area contributed by atoms with Crippen LogP contribution in [0.3, 0.4) is 0 Å².